The van der Waals surface area contributed by atoms with Crippen LogP contribution < -0.4 is 0 Å². The number of hydrogen-bond acceptors (Lipinski definition) is 4. The summed E-state index contributed by atoms with van der Waals surface area (Å²) >= 11 is 0. The van der Waals surface area contributed by atoms with Crippen LogP contribution >= 0.6 is 0 Å². The van der Waals surface area contributed by atoms with E-state index in [1.165, 1.54) is 18.2 Å². The summed E-state index contributed by atoms with van der Waals surface area (Å²) in [5.74, 6) is -4.98. The first kappa shape index (κ1) is 26.9. The molecule has 0 spiro atoms. The number of carbonyl (C=O) groups is 4. The smallest absolute Gasteiger partial charge is 0.336 e. The molecule has 0 aliphatic rings. The van der Waals surface area contributed by atoms with Crippen molar-refractivity contribution in [1.82, 2.24) is 0 Å². The quantitative estimate of drug-likeness (QED) is 0.107. The van der Waals surface area contributed by atoms with Crippen LogP contribution in [0.25, 0.3) is 43.1 Å². The molecule has 0 heterocycles. The van der Waals surface area contributed by atoms with Gasteiger partial charge in [-0.1, -0.05) is 44.9 Å². The number of unbranched alkanes of at least 4 members (excludes halogenated alkanes) is 2. The first-order chi connectivity index (χ1) is 19.1. The van der Waals surface area contributed by atoms with Gasteiger partial charge >= 0.3 is 23.9 Å². The second-order valence-corrected chi connectivity index (χ2v) is 10.1. The summed E-state index contributed by atoms with van der Waals surface area (Å²) in [4.78, 5) is 49.8. The molecule has 5 rings (SSSR count). The molecule has 8 nitrogen and oxygen atoms in total. The highest BCUT2D eigenvalue weighted by Crippen LogP contribution is 2.47. The zero-order valence-electron chi connectivity index (χ0n) is 22.1. The summed E-state index contributed by atoms with van der Waals surface area (Å²) in [7, 11) is 0. The van der Waals surface area contributed by atoms with Gasteiger partial charge in [0.15, 0.2) is 0 Å². The average molecular weight is 541 g/mol. The van der Waals surface area contributed by atoms with Crippen LogP contribution in [0.1, 0.15) is 92.1 Å². The highest BCUT2D eigenvalue weighted by atomic mass is 16.4. The molecule has 5 aromatic carbocycles. The van der Waals surface area contributed by atoms with Crippen LogP contribution in [0.3, 0.4) is 0 Å². The Balaban J connectivity index is 2.20. The molecule has 0 amide bonds. The van der Waals surface area contributed by atoms with Crippen LogP contribution in [0.4, 0.5) is 0 Å². The molecule has 40 heavy (non-hydrogen) atoms. The fraction of sp³-hybridized carbons (Fsp3) is 0.250. The lowest BCUT2D eigenvalue weighted by Gasteiger charge is -2.24. The van der Waals surface area contributed by atoms with E-state index in [9.17, 15) is 39.6 Å². The summed E-state index contributed by atoms with van der Waals surface area (Å²) in [5, 5.41) is 44.2. The second-order valence-electron chi connectivity index (χ2n) is 10.1. The first-order valence-corrected chi connectivity index (χ1v) is 13.3. The minimum absolute atomic E-state index is 0.0124. The molecule has 0 aliphatic heterocycles. The van der Waals surface area contributed by atoms with Crippen molar-refractivity contribution < 1.29 is 39.6 Å². The number of benzene rings is 5. The SMILES string of the molecule is CCCCc1c(C(=O)O)c2c(C(=O)O)ccc3c4ccc(C(=O)O)c5c(C(=O)O)ccc(c(c1CCCC)c23)c54. The minimum atomic E-state index is -1.26. The highest BCUT2D eigenvalue weighted by Gasteiger charge is 2.29. The summed E-state index contributed by atoms with van der Waals surface area (Å²) in [6, 6.07) is 8.97. The molecule has 4 N–H and O–H groups in total. The van der Waals surface area contributed by atoms with Gasteiger partial charge in [-0.3, -0.25) is 0 Å². The molecular weight excluding hydrogens is 512 g/mol. The molecular formula is C32H28O8. The Kier molecular flexibility index (Phi) is 6.79. The van der Waals surface area contributed by atoms with Gasteiger partial charge in [-0.15, -0.1) is 0 Å². The van der Waals surface area contributed by atoms with E-state index in [4.69, 9.17) is 0 Å². The Hall–Kier alpha value is -4.72. The fourth-order valence-corrected chi connectivity index (χ4v) is 6.21. The van der Waals surface area contributed by atoms with E-state index in [2.05, 4.69) is 0 Å². The van der Waals surface area contributed by atoms with Crippen molar-refractivity contribution in [3.05, 3.63) is 69.8 Å². The predicted octanol–water partition coefficient (Wildman–Crippen LogP) is 7.22. The second kappa shape index (κ2) is 10.1. The standard InChI is InChI=1S/C32H28O8/c1-3-5-7-15-16(8-6-4-2)28(32(39)40)27-22(31(37)38)13-10-18-17-9-12-20(29(33)34)25-21(30(35)36)14-11-19(23(17)25)24(15)26(18)27/h9-14H,3-8H2,1-2H3,(H,33,34)(H,35,36)(H,37,38)(H,39,40). The van der Waals surface area contributed by atoms with Gasteiger partial charge in [-0.2, -0.15) is 0 Å². The van der Waals surface area contributed by atoms with Crippen molar-refractivity contribution in [1.29, 1.82) is 0 Å². The maximum absolute atomic E-state index is 12.9. The van der Waals surface area contributed by atoms with E-state index in [1.807, 2.05) is 13.8 Å². The lowest BCUT2D eigenvalue weighted by molar-refractivity contribution is 0.0680. The Morgan fingerprint density at radius 3 is 1.43 bits per heavy atom. The monoisotopic (exact) mass is 540 g/mol. The van der Waals surface area contributed by atoms with Crippen molar-refractivity contribution in [2.45, 2.75) is 52.4 Å². The first-order valence-electron chi connectivity index (χ1n) is 13.3. The third kappa shape index (κ3) is 3.90. The van der Waals surface area contributed by atoms with Crippen LogP contribution in [0.5, 0.6) is 0 Å². The molecule has 0 unspecified atom stereocenters. The molecule has 204 valence electrons. The lowest BCUT2D eigenvalue weighted by atomic mass is 9.78. The van der Waals surface area contributed by atoms with Crippen molar-refractivity contribution in [3.8, 4) is 0 Å². The zero-order valence-corrected chi connectivity index (χ0v) is 22.1. The Labute approximate surface area is 228 Å². The molecule has 8 heteroatoms. The van der Waals surface area contributed by atoms with Gasteiger partial charge in [0.05, 0.1) is 22.3 Å². The predicted molar refractivity (Wildman–Crippen MR) is 153 cm³/mol. The molecule has 0 radical (unpaired) electrons. The Morgan fingerprint density at radius 2 is 0.950 bits per heavy atom. The Bertz CT molecular complexity index is 1860. The van der Waals surface area contributed by atoms with Crippen molar-refractivity contribution >= 4 is 67.0 Å². The van der Waals surface area contributed by atoms with Gasteiger partial charge < -0.3 is 20.4 Å². The number of aromatic carboxylic acids is 4. The number of carboxylic acids is 4. The normalized spacial score (nSPS) is 11.7. The minimum Gasteiger partial charge on any atom is -0.478 e. The van der Waals surface area contributed by atoms with Crippen LogP contribution in [0.2, 0.25) is 0 Å². The van der Waals surface area contributed by atoms with Gasteiger partial charge in [-0.05, 0) is 87.3 Å². The van der Waals surface area contributed by atoms with E-state index >= 15 is 0 Å². The number of hydrogen-bond donors (Lipinski definition) is 4. The van der Waals surface area contributed by atoms with Gasteiger partial charge in [0.1, 0.15) is 0 Å². The number of carboxylic acid groups (broad SMARTS) is 4. The van der Waals surface area contributed by atoms with Crippen LogP contribution in [-0.2, 0) is 12.8 Å². The van der Waals surface area contributed by atoms with E-state index in [1.54, 1.807) is 18.2 Å². The lowest BCUT2D eigenvalue weighted by Crippen LogP contribution is -2.13. The van der Waals surface area contributed by atoms with Crippen LogP contribution in [-0.4, -0.2) is 44.3 Å². The summed E-state index contributed by atoms with van der Waals surface area (Å²) in [5.41, 5.74) is 0.937. The third-order valence-corrected chi connectivity index (χ3v) is 7.86. The molecule has 0 aliphatic carbocycles. The van der Waals surface area contributed by atoms with E-state index in [0.29, 0.717) is 57.1 Å². The molecule has 0 bridgehead atoms. The van der Waals surface area contributed by atoms with E-state index < -0.39 is 23.9 Å². The summed E-state index contributed by atoms with van der Waals surface area (Å²) in [6.07, 6.45) is 4.05. The van der Waals surface area contributed by atoms with Crippen LogP contribution in [0.15, 0.2) is 36.4 Å². The number of fused-ring (bicyclic) bond motifs is 2. The Morgan fingerprint density at radius 1 is 0.500 bits per heavy atom. The van der Waals surface area contributed by atoms with Gasteiger partial charge in [0.2, 0.25) is 0 Å². The molecule has 0 aromatic heterocycles. The maximum Gasteiger partial charge on any atom is 0.336 e. The van der Waals surface area contributed by atoms with Gasteiger partial charge in [0, 0.05) is 10.8 Å². The van der Waals surface area contributed by atoms with Gasteiger partial charge in [0.25, 0.3) is 0 Å². The highest BCUT2D eigenvalue weighted by molar-refractivity contribution is 6.38. The van der Waals surface area contributed by atoms with Crippen LogP contribution in [0, 0.1) is 0 Å². The average Bonchev–Trinajstić information content (AvgIpc) is 2.91. The molecule has 0 saturated heterocycles. The molecule has 0 fully saturated rings. The fourth-order valence-electron chi connectivity index (χ4n) is 6.21. The van der Waals surface area contributed by atoms with Crippen molar-refractivity contribution in [2.24, 2.45) is 0 Å². The largest absolute Gasteiger partial charge is 0.478 e. The maximum atomic E-state index is 12.9. The topological polar surface area (TPSA) is 149 Å². The summed E-state index contributed by atoms with van der Waals surface area (Å²) < 4.78 is 0. The number of rotatable bonds is 10. The molecule has 0 saturated carbocycles. The third-order valence-electron chi connectivity index (χ3n) is 7.86. The zero-order chi connectivity index (χ0) is 28.9. The van der Waals surface area contributed by atoms with E-state index in [-0.39, 0.29) is 33.0 Å². The molecule has 0 atom stereocenters. The van der Waals surface area contributed by atoms with Gasteiger partial charge in [-0.25, -0.2) is 19.2 Å². The molecule has 5 aromatic rings. The number of aryl methyl sites for hydroxylation is 1. The summed E-state index contributed by atoms with van der Waals surface area (Å²) in [6.45, 7) is 4.02. The van der Waals surface area contributed by atoms with Crippen molar-refractivity contribution in [3.63, 3.8) is 0 Å². The van der Waals surface area contributed by atoms with Crippen molar-refractivity contribution in [2.75, 3.05) is 0 Å². The van der Waals surface area contributed by atoms with E-state index in [0.717, 1.165) is 24.8 Å².